The molecule has 6 nitrogen and oxygen atoms in total. The third-order valence-electron chi connectivity index (χ3n) is 3.96. The summed E-state index contributed by atoms with van der Waals surface area (Å²) in [6.45, 7) is 3.10. The Kier molecular flexibility index (Phi) is 8.21. The number of carbonyl (C=O) groups excluding carboxylic acids is 3. The van der Waals surface area contributed by atoms with E-state index >= 15 is 0 Å². The summed E-state index contributed by atoms with van der Waals surface area (Å²) in [7, 11) is 1.53. The molecule has 2 rings (SSSR count). The van der Waals surface area contributed by atoms with Crippen molar-refractivity contribution in [3.05, 3.63) is 59.9 Å². The molecule has 0 aliphatic heterocycles. The molecule has 0 aliphatic carbocycles. The smallest absolute Gasteiger partial charge is 0.319 e. The van der Waals surface area contributed by atoms with Crippen LogP contribution in [0.25, 0.3) is 0 Å². The molecule has 0 unspecified atom stereocenters. The van der Waals surface area contributed by atoms with Gasteiger partial charge in [-0.2, -0.15) is 0 Å². The Balaban J connectivity index is 1.80. The number of benzene rings is 2. The number of amides is 1. The normalized spacial score (nSPS) is 12.6. The first kappa shape index (κ1) is 22.4. The minimum Gasteiger partial charge on any atom is -0.497 e. The van der Waals surface area contributed by atoms with E-state index < -0.39 is 23.1 Å². The lowest BCUT2D eigenvalue weighted by molar-refractivity contribution is -0.145. The summed E-state index contributed by atoms with van der Waals surface area (Å²) in [5, 5.41) is 1.97. The van der Waals surface area contributed by atoms with Crippen LogP contribution in [0.2, 0.25) is 0 Å². The fourth-order valence-electron chi connectivity index (χ4n) is 2.31. The van der Waals surface area contributed by atoms with Gasteiger partial charge in [-0.15, -0.1) is 11.8 Å². The van der Waals surface area contributed by atoms with Crippen LogP contribution in [-0.2, 0) is 14.3 Å². The summed E-state index contributed by atoms with van der Waals surface area (Å²) in [6, 6.07) is 11.9. The van der Waals surface area contributed by atoms with Crippen molar-refractivity contribution in [2.45, 2.75) is 25.2 Å². The summed E-state index contributed by atoms with van der Waals surface area (Å²) in [4.78, 5) is 36.5. The van der Waals surface area contributed by atoms with Gasteiger partial charge in [0.1, 0.15) is 16.8 Å². The van der Waals surface area contributed by atoms with Crippen molar-refractivity contribution in [3.8, 4) is 5.75 Å². The molecule has 0 aromatic heterocycles. The first-order chi connectivity index (χ1) is 13.8. The third kappa shape index (κ3) is 6.90. The Morgan fingerprint density at radius 3 is 2.24 bits per heavy atom. The predicted molar refractivity (Wildman–Crippen MR) is 110 cm³/mol. The number of anilines is 1. The molecule has 0 radical (unpaired) electrons. The van der Waals surface area contributed by atoms with Gasteiger partial charge >= 0.3 is 5.97 Å². The molecule has 0 fully saturated rings. The number of carbonyl (C=O) groups is 3. The van der Waals surface area contributed by atoms with Crippen LogP contribution in [0.1, 0.15) is 24.2 Å². The minimum atomic E-state index is -0.952. The Morgan fingerprint density at radius 2 is 1.66 bits per heavy atom. The Hall–Kier alpha value is -2.87. The van der Waals surface area contributed by atoms with E-state index in [1.165, 1.54) is 38.3 Å². The number of ketones is 1. The van der Waals surface area contributed by atoms with Crippen molar-refractivity contribution >= 4 is 35.1 Å². The topological polar surface area (TPSA) is 81.7 Å². The van der Waals surface area contributed by atoms with Gasteiger partial charge in [-0.3, -0.25) is 14.4 Å². The lowest BCUT2D eigenvalue weighted by Crippen LogP contribution is -2.29. The van der Waals surface area contributed by atoms with Gasteiger partial charge in [-0.05, 0) is 62.4 Å². The number of methoxy groups -OCH3 is 1. The fraction of sp³-hybridized carbons (Fsp3) is 0.286. The van der Waals surface area contributed by atoms with E-state index in [-0.39, 0.29) is 17.4 Å². The van der Waals surface area contributed by atoms with Gasteiger partial charge in [-0.25, -0.2) is 4.39 Å². The average molecular weight is 419 g/mol. The van der Waals surface area contributed by atoms with Gasteiger partial charge in [0.25, 0.3) is 0 Å². The maximum atomic E-state index is 12.9. The van der Waals surface area contributed by atoms with Crippen LogP contribution in [0, 0.1) is 5.82 Å². The van der Waals surface area contributed by atoms with E-state index in [2.05, 4.69) is 5.32 Å². The molecule has 2 aromatic rings. The van der Waals surface area contributed by atoms with Crippen molar-refractivity contribution in [3.63, 3.8) is 0 Å². The van der Waals surface area contributed by atoms with Crippen molar-refractivity contribution in [1.82, 2.24) is 0 Å². The molecule has 0 saturated heterocycles. The lowest BCUT2D eigenvalue weighted by Gasteiger charge is -2.16. The van der Waals surface area contributed by atoms with Gasteiger partial charge in [0.05, 0.1) is 12.9 Å². The molecule has 29 heavy (non-hydrogen) atoms. The number of rotatable bonds is 9. The van der Waals surface area contributed by atoms with Crippen LogP contribution in [0.4, 0.5) is 10.1 Å². The third-order valence-corrected chi connectivity index (χ3v) is 5.08. The zero-order valence-corrected chi connectivity index (χ0v) is 17.1. The molecular formula is C21H22FNO5S. The monoisotopic (exact) mass is 419 g/mol. The second kappa shape index (κ2) is 10.6. The highest BCUT2D eigenvalue weighted by molar-refractivity contribution is 8.01. The molecule has 0 aliphatic rings. The number of hydrogen-bond donors (Lipinski definition) is 1. The molecule has 8 heteroatoms. The van der Waals surface area contributed by atoms with Crippen LogP contribution >= 0.6 is 11.8 Å². The van der Waals surface area contributed by atoms with E-state index in [0.29, 0.717) is 17.0 Å². The van der Waals surface area contributed by atoms with Gasteiger partial charge in [0, 0.05) is 11.3 Å². The van der Waals surface area contributed by atoms with Crippen LogP contribution in [-0.4, -0.2) is 41.9 Å². The van der Waals surface area contributed by atoms with Crippen molar-refractivity contribution in [2.75, 3.05) is 18.2 Å². The molecule has 1 N–H and O–H groups in total. The lowest BCUT2D eigenvalue weighted by atomic mass is 10.1. The zero-order chi connectivity index (χ0) is 21.4. The molecule has 0 saturated carbocycles. The SMILES string of the molecule is COc1ccc(C(=O)[C@H](C)OC(=O)[C@@H](C)SCC(=O)Nc2ccc(F)cc2)cc1. The van der Waals surface area contributed by atoms with Crippen LogP contribution in [0.5, 0.6) is 5.75 Å². The molecule has 0 spiro atoms. The number of nitrogens with one attached hydrogen (secondary N) is 1. The quantitative estimate of drug-likeness (QED) is 0.493. The zero-order valence-electron chi connectivity index (χ0n) is 16.3. The standard InChI is InChI=1S/C21H22FNO5S/c1-13(20(25)15-4-10-18(27-3)11-5-15)28-21(26)14(2)29-12-19(24)23-17-8-6-16(22)7-9-17/h4-11,13-14H,12H2,1-3H3,(H,23,24)/t13-,14+/m0/s1. The molecule has 0 heterocycles. The first-order valence-electron chi connectivity index (χ1n) is 8.86. The first-order valence-corrected chi connectivity index (χ1v) is 9.91. The molecule has 154 valence electrons. The number of thioether (sulfide) groups is 1. The van der Waals surface area contributed by atoms with E-state index in [0.717, 1.165) is 11.8 Å². The van der Waals surface area contributed by atoms with E-state index in [9.17, 15) is 18.8 Å². The number of halogens is 1. The molecule has 0 bridgehead atoms. The number of hydrogen-bond acceptors (Lipinski definition) is 6. The highest BCUT2D eigenvalue weighted by Gasteiger charge is 2.24. The Labute approximate surface area is 172 Å². The largest absolute Gasteiger partial charge is 0.497 e. The van der Waals surface area contributed by atoms with Crippen molar-refractivity contribution in [1.29, 1.82) is 0 Å². The second-order valence-electron chi connectivity index (χ2n) is 6.18. The summed E-state index contributed by atoms with van der Waals surface area (Å²) >= 11 is 1.08. The molecule has 2 atom stereocenters. The molecule has 2 aromatic carbocycles. The van der Waals surface area contributed by atoms with Crippen molar-refractivity contribution in [2.24, 2.45) is 0 Å². The highest BCUT2D eigenvalue weighted by Crippen LogP contribution is 2.17. The van der Waals surface area contributed by atoms with E-state index in [1.54, 1.807) is 31.2 Å². The van der Waals surface area contributed by atoms with Gasteiger partial charge < -0.3 is 14.8 Å². The van der Waals surface area contributed by atoms with Crippen LogP contribution in [0.3, 0.4) is 0 Å². The summed E-state index contributed by atoms with van der Waals surface area (Å²) < 4.78 is 23.2. The van der Waals surface area contributed by atoms with Crippen molar-refractivity contribution < 1.29 is 28.2 Å². The fourth-order valence-corrected chi connectivity index (χ4v) is 2.98. The van der Waals surface area contributed by atoms with E-state index in [1.807, 2.05) is 0 Å². The summed E-state index contributed by atoms with van der Waals surface area (Å²) in [6.07, 6.45) is -0.952. The number of ether oxygens (including phenoxy) is 2. The van der Waals surface area contributed by atoms with Gasteiger partial charge in [0.15, 0.2) is 6.10 Å². The summed E-state index contributed by atoms with van der Waals surface area (Å²) in [5.41, 5.74) is 0.871. The average Bonchev–Trinajstić information content (AvgIpc) is 2.73. The summed E-state index contributed by atoms with van der Waals surface area (Å²) in [5.74, 6) is -1.01. The Bertz CT molecular complexity index is 854. The van der Waals surface area contributed by atoms with Crippen LogP contribution < -0.4 is 10.1 Å². The number of esters is 1. The van der Waals surface area contributed by atoms with Gasteiger partial charge in [0.2, 0.25) is 11.7 Å². The number of Topliss-reactive ketones (excluding diaryl/α,β-unsaturated/α-hetero) is 1. The predicted octanol–water partition coefficient (Wildman–Crippen LogP) is 3.71. The maximum absolute atomic E-state index is 12.9. The molecular weight excluding hydrogens is 397 g/mol. The minimum absolute atomic E-state index is 0.00838. The van der Waals surface area contributed by atoms with Gasteiger partial charge in [-0.1, -0.05) is 0 Å². The maximum Gasteiger partial charge on any atom is 0.319 e. The van der Waals surface area contributed by atoms with Crippen LogP contribution in [0.15, 0.2) is 48.5 Å². The van der Waals surface area contributed by atoms with E-state index in [4.69, 9.17) is 9.47 Å². The second-order valence-corrected chi connectivity index (χ2v) is 7.51. The Morgan fingerprint density at radius 1 is 1.03 bits per heavy atom. The highest BCUT2D eigenvalue weighted by atomic mass is 32.2. The molecule has 1 amide bonds.